The molecular formula is C21H10ClFN2O2S. The second kappa shape index (κ2) is 7.39. The number of benzene rings is 2. The Hall–Kier alpha value is -3.27. The van der Waals surface area contributed by atoms with Gasteiger partial charge in [-0.1, -0.05) is 23.7 Å². The van der Waals surface area contributed by atoms with Crippen LogP contribution in [0.15, 0.2) is 63.1 Å². The molecule has 0 aliphatic heterocycles. The van der Waals surface area contributed by atoms with Gasteiger partial charge < -0.3 is 4.42 Å². The summed E-state index contributed by atoms with van der Waals surface area (Å²) in [5.74, 6) is -0.352. The third-order valence-electron chi connectivity index (χ3n) is 4.01. The lowest BCUT2D eigenvalue weighted by Crippen LogP contribution is -2.02. The molecule has 0 aliphatic carbocycles. The molecular weight excluding hydrogens is 399 g/mol. The predicted molar refractivity (Wildman–Crippen MR) is 108 cm³/mol. The standard InChI is InChI=1S/C21H10ClFN2O2S/c22-15-3-6-19-13(8-15)9-17(21(26)27-19)18-11-28-20(25-18)14(10-24)7-12-1-4-16(23)5-2-12/h1-9,11H. The van der Waals surface area contributed by atoms with E-state index < -0.39 is 5.63 Å². The second-order valence-corrected chi connectivity index (χ2v) is 7.18. The van der Waals surface area contributed by atoms with Crippen molar-refractivity contribution in [2.24, 2.45) is 0 Å². The van der Waals surface area contributed by atoms with Gasteiger partial charge in [-0.25, -0.2) is 14.2 Å². The lowest BCUT2D eigenvalue weighted by Gasteiger charge is -2.00. The first-order chi connectivity index (χ1) is 13.5. The minimum atomic E-state index is -0.521. The normalized spacial score (nSPS) is 11.5. The topological polar surface area (TPSA) is 66.9 Å². The average molecular weight is 409 g/mol. The summed E-state index contributed by atoms with van der Waals surface area (Å²) >= 11 is 7.24. The molecule has 0 aliphatic rings. The zero-order chi connectivity index (χ0) is 19.7. The molecule has 0 unspecified atom stereocenters. The van der Waals surface area contributed by atoms with Gasteiger partial charge in [0, 0.05) is 15.8 Å². The van der Waals surface area contributed by atoms with Crippen molar-refractivity contribution < 1.29 is 8.81 Å². The summed E-state index contributed by atoms with van der Waals surface area (Å²) in [7, 11) is 0. The number of fused-ring (bicyclic) bond motifs is 1. The Morgan fingerprint density at radius 3 is 2.75 bits per heavy atom. The van der Waals surface area contributed by atoms with Crippen molar-refractivity contribution in [1.29, 1.82) is 5.26 Å². The quantitative estimate of drug-likeness (QED) is 0.318. The van der Waals surface area contributed by atoms with Gasteiger partial charge in [0.05, 0.1) is 16.8 Å². The molecule has 136 valence electrons. The summed E-state index contributed by atoms with van der Waals surface area (Å²) in [6.45, 7) is 0. The van der Waals surface area contributed by atoms with Gasteiger partial charge in [-0.3, -0.25) is 0 Å². The van der Waals surface area contributed by atoms with Crippen LogP contribution in [0.4, 0.5) is 4.39 Å². The maximum Gasteiger partial charge on any atom is 0.345 e. The number of allylic oxidation sites excluding steroid dienone is 1. The first-order valence-corrected chi connectivity index (χ1v) is 9.36. The number of hydrogen-bond donors (Lipinski definition) is 0. The summed E-state index contributed by atoms with van der Waals surface area (Å²) in [5, 5.41) is 12.8. The highest BCUT2D eigenvalue weighted by Gasteiger charge is 2.14. The van der Waals surface area contributed by atoms with Crippen molar-refractivity contribution in [3.05, 3.63) is 85.7 Å². The first-order valence-electron chi connectivity index (χ1n) is 8.10. The maximum atomic E-state index is 13.1. The Morgan fingerprint density at radius 2 is 2.00 bits per heavy atom. The molecule has 4 rings (SSSR count). The third kappa shape index (κ3) is 3.58. The summed E-state index contributed by atoms with van der Waals surface area (Å²) in [4.78, 5) is 16.8. The fourth-order valence-electron chi connectivity index (χ4n) is 2.66. The Labute approximate surface area is 167 Å². The molecule has 28 heavy (non-hydrogen) atoms. The predicted octanol–water partition coefficient (Wildman–Crippen LogP) is 5.77. The first kappa shape index (κ1) is 18.1. The molecule has 0 saturated heterocycles. The molecule has 0 amide bonds. The molecule has 0 fully saturated rings. The van der Waals surface area contributed by atoms with E-state index in [4.69, 9.17) is 16.0 Å². The summed E-state index contributed by atoms with van der Waals surface area (Å²) in [6.07, 6.45) is 1.62. The van der Waals surface area contributed by atoms with Crippen LogP contribution in [0.5, 0.6) is 0 Å². The van der Waals surface area contributed by atoms with E-state index in [0.717, 1.165) is 0 Å². The fraction of sp³-hybridized carbons (Fsp3) is 0. The Morgan fingerprint density at radius 1 is 1.21 bits per heavy atom. The van der Waals surface area contributed by atoms with Crippen LogP contribution in [0.2, 0.25) is 5.02 Å². The van der Waals surface area contributed by atoms with E-state index in [-0.39, 0.29) is 11.4 Å². The van der Waals surface area contributed by atoms with E-state index in [0.29, 0.717) is 37.8 Å². The average Bonchev–Trinajstić information content (AvgIpc) is 3.17. The summed E-state index contributed by atoms with van der Waals surface area (Å²) < 4.78 is 18.4. The van der Waals surface area contributed by atoms with Crippen molar-refractivity contribution in [2.75, 3.05) is 0 Å². The van der Waals surface area contributed by atoms with Crippen LogP contribution in [-0.2, 0) is 0 Å². The highest BCUT2D eigenvalue weighted by Crippen LogP contribution is 2.28. The van der Waals surface area contributed by atoms with Crippen LogP contribution in [0.1, 0.15) is 10.6 Å². The third-order valence-corrected chi connectivity index (χ3v) is 5.12. The van der Waals surface area contributed by atoms with Crippen molar-refractivity contribution in [3.63, 3.8) is 0 Å². The number of aromatic nitrogens is 1. The Balaban J connectivity index is 1.75. The van der Waals surface area contributed by atoms with Gasteiger partial charge in [0.25, 0.3) is 0 Å². The van der Waals surface area contributed by atoms with E-state index in [2.05, 4.69) is 11.1 Å². The molecule has 2 heterocycles. The fourth-order valence-corrected chi connectivity index (χ4v) is 3.63. The molecule has 0 bridgehead atoms. The SMILES string of the molecule is N#CC(=Cc1ccc(F)cc1)c1nc(-c2cc3cc(Cl)ccc3oc2=O)cs1. The number of nitriles is 1. The van der Waals surface area contributed by atoms with Crippen molar-refractivity contribution in [3.8, 4) is 17.3 Å². The van der Waals surface area contributed by atoms with E-state index in [1.165, 1.54) is 23.5 Å². The smallest absolute Gasteiger partial charge is 0.345 e. The highest BCUT2D eigenvalue weighted by molar-refractivity contribution is 7.11. The minimum Gasteiger partial charge on any atom is -0.422 e. The van der Waals surface area contributed by atoms with Gasteiger partial charge in [0.2, 0.25) is 0 Å². The molecule has 0 atom stereocenters. The van der Waals surface area contributed by atoms with Gasteiger partial charge >= 0.3 is 5.63 Å². The van der Waals surface area contributed by atoms with Gasteiger partial charge in [-0.15, -0.1) is 11.3 Å². The van der Waals surface area contributed by atoms with Crippen LogP contribution in [-0.4, -0.2) is 4.98 Å². The van der Waals surface area contributed by atoms with Gasteiger partial charge in [0.1, 0.15) is 22.5 Å². The molecule has 7 heteroatoms. The Kier molecular flexibility index (Phi) is 4.78. The number of rotatable bonds is 3. The van der Waals surface area contributed by atoms with Crippen LogP contribution in [0.25, 0.3) is 33.9 Å². The number of thiazole rings is 1. The Bertz CT molecular complexity index is 1320. The number of halogens is 2. The number of nitrogens with zero attached hydrogens (tertiary/aromatic N) is 2. The number of hydrogen-bond acceptors (Lipinski definition) is 5. The van der Waals surface area contributed by atoms with Crippen LogP contribution >= 0.6 is 22.9 Å². The highest BCUT2D eigenvalue weighted by atomic mass is 35.5. The van der Waals surface area contributed by atoms with Crippen molar-refractivity contribution in [1.82, 2.24) is 4.98 Å². The van der Waals surface area contributed by atoms with Crippen LogP contribution in [0, 0.1) is 17.1 Å². The van der Waals surface area contributed by atoms with E-state index in [9.17, 15) is 14.4 Å². The lowest BCUT2D eigenvalue weighted by atomic mass is 10.1. The zero-order valence-electron chi connectivity index (χ0n) is 14.1. The minimum absolute atomic E-state index is 0.288. The summed E-state index contributed by atoms with van der Waals surface area (Å²) in [6, 6.07) is 14.5. The maximum absolute atomic E-state index is 13.1. The van der Waals surface area contributed by atoms with E-state index in [1.807, 2.05) is 0 Å². The van der Waals surface area contributed by atoms with Gasteiger partial charge in [0.15, 0.2) is 0 Å². The van der Waals surface area contributed by atoms with E-state index in [1.54, 1.807) is 47.9 Å². The van der Waals surface area contributed by atoms with Crippen molar-refractivity contribution >= 4 is 45.6 Å². The van der Waals surface area contributed by atoms with Crippen LogP contribution in [0.3, 0.4) is 0 Å². The monoisotopic (exact) mass is 408 g/mol. The van der Waals surface area contributed by atoms with Gasteiger partial charge in [-0.2, -0.15) is 5.26 Å². The van der Waals surface area contributed by atoms with E-state index >= 15 is 0 Å². The molecule has 4 aromatic rings. The molecule has 0 N–H and O–H groups in total. The summed E-state index contributed by atoms with van der Waals surface area (Å²) in [5.41, 5.74) is 1.60. The molecule has 2 aromatic carbocycles. The second-order valence-electron chi connectivity index (χ2n) is 5.89. The van der Waals surface area contributed by atoms with Crippen molar-refractivity contribution in [2.45, 2.75) is 0 Å². The van der Waals surface area contributed by atoms with Crippen LogP contribution < -0.4 is 5.63 Å². The lowest BCUT2D eigenvalue weighted by molar-refractivity contribution is 0.563. The molecule has 2 aromatic heterocycles. The largest absolute Gasteiger partial charge is 0.422 e. The van der Waals surface area contributed by atoms with Gasteiger partial charge in [-0.05, 0) is 48.0 Å². The zero-order valence-corrected chi connectivity index (χ0v) is 15.7. The molecule has 0 saturated carbocycles. The molecule has 0 radical (unpaired) electrons. The molecule has 4 nitrogen and oxygen atoms in total. The molecule has 0 spiro atoms.